The minimum absolute atomic E-state index is 0.301. The smallest absolute Gasteiger partial charge is 0.427 e. The first-order chi connectivity index (χ1) is 12.6. The fourth-order valence-electron chi connectivity index (χ4n) is 2.97. The third kappa shape index (κ3) is 2.92. The average Bonchev–Trinajstić information content (AvgIpc) is 2.68. The van der Waals surface area contributed by atoms with Crippen molar-refractivity contribution in [3.05, 3.63) is 88.9 Å². The molecule has 1 aliphatic rings. The van der Waals surface area contributed by atoms with E-state index in [0.717, 1.165) is 21.6 Å². The third-order valence-corrected chi connectivity index (χ3v) is 4.67. The van der Waals surface area contributed by atoms with Crippen LogP contribution in [0.3, 0.4) is 0 Å². The topological polar surface area (TPSA) is 52.9 Å². The van der Waals surface area contributed by atoms with Crippen LogP contribution in [0.15, 0.2) is 77.9 Å². The van der Waals surface area contributed by atoms with Crippen molar-refractivity contribution in [1.29, 1.82) is 0 Å². The average molecular weight is 361 g/mol. The molecule has 0 aromatic heterocycles. The largest absolute Gasteiger partial charge is 0.474 e. The van der Waals surface area contributed by atoms with Crippen LogP contribution in [-0.4, -0.2) is 29.1 Å². The van der Waals surface area contributed by atoms with Crippen molar-refractivity contribution in [2.45, 2.75) is 0 Å². The van der Waals surface area contributed by atoms with Crippen molar-refractivity contribution in [2.75, 3.05) is 0 Å². The van der Waals surface area contributed by atoms with Gasteiger partial charge in [-0.3, -0.25) is 4.79 Å². The molecule has 3 aromatic carbocycles. The van der Waals surface area contributed by atoms with Gasteiger partial charge in [-0.05, 0) is 40.4 Å². The summed E-state index contributed by atoms with van der Waals surface area (Å²) in [6, 6.07) is 22.4. The monoisotopic (exact) mass is 360 g/mol. The van der Waals surface area contributed by atoms with E-state index < -0.39 is 13.0 Å². The second-order valence-corrected chi connectivity index (χ2v) is 6.36. The molecule has 0 atom stereocenters. The van der Waals surface area contributed by atoms with Crippen LogP contribution in [-0.2, 0) is 0 Å². The Morgan fingerprint density at radius 1 is 0.962 bits per heavy atom. The first-order valence-corrected chi connectivity index (χ1v) is 8.52. The summed E-state index contributed by atoms with van der Waals surface area (Å²) >= 11 is 6.09. The molecule has 3 aromatic rings. The normalized spacial score (nSPS) is 12.8. The molecule has 0 unspecified atom stereocenters. The zero-order valence-electron chi connectivity index (χ0n) is 13.7. The van der Waals surface area contributed by atoms with Gasteiger partial charge in [-0.2, -0.15) is 5.10 Å². The van der Waals surface area contributed by atoms with E-state index in [1.165, 1.54) is 0 Å². The first-order valence-electron chi connectivity index (χ1n) is 8.14. The van der Waals surface area contributed by atoms with Crippen LogP contribution in [0.2, 0.25) is 5.02 Å². The van der Waals surface area contributed by atoms with Crippen LogP contribution >= 0.6 is 11.6 Å². The van der Waals surface area contributed by atoms with E-state index in [4.69, 9.17) is 11.6 Å². The molecule has 4 rings (SSSR count). The van der Waals surface area contributed by atoms with Gasteiger partial charge < -0.3 is 5.02 Å². The second-order valence-electron chi connectivity index (χ2n) is 5.96. The lowest BCUT2D eigenvalue weighted by Crippen LogP contribution is -2.52. The van der Waals surface area contributed by atoms with Crippen molar-refractivity contribution in [1.82, 2.24) is 4.92 Å². The van der Waals surface area contributed by atoms with E-state index in [2.05, 4.69) is 5.10 Å². The van der Waals surface area contributed by atoms with Crippen LogP contribution in [0.25, 0.3) is 11.1 Å². The maximum Gasteiger partial charge on any atom is 0.474 e. The van der Waals surface area contributed by atoms with Gasteiger partial charge in [0.2, 0.25) is 0 Å². The van der Waals surface area contributed by atoms with Gasteiger partial charge in [0.15, 0.2) is 0 Å². The van der Waals surface area contributed by atoms with Crippen molar-refractivity contribution in [3.8, 4) is 11.1 Å². The second kappa shape index (κ2) is 6.79. The lowest BCUT2D eigenvalue weighted by atomic mass is 9.69. The summed E-state index contributed by atoms with van der Waals surface area (Å²) in [5, 5.41) is 15.1. The quantitative estimate of drug-likeness (QED) is 0.714. The number of hydrogen-bond acceptors (Lipinski definition) is 3. The van der Waals surface area contributed by atoms with Crippen LogP contribution in [0, 0.1) is 0 Å². The number of rotatable bonds is 2. The summed E-state index contributed by atoms with van der Waals surface area (Å²) in [6.07, 6.45) is 1.59. The zero-order chi connectivity index (χ0) is 18.1. The first kappa shape index (κ1) is 16.6. The molecule has 1 amide bonds. The molecule has 0 fully saturated rings. The van der Waals surface area contributed by atoms with Gasteiger partial charge in [0.25, 0.3) is 5.91 Å². The molecule has 0 spiro atoms. The summed E-state index contributed by atoms with van der Waals surface area (Å²) < 4.78 is 0. The maximum absolute atomic E-state index is 12.7. The number of hydrogen-bond donors (Lipinski definition) is 1. The molecular formula is C20H14BClN2O2. The molecule has 1 aliphatic heterocycles. The van der Waals surface area contributed by atoms with Gasteiger partial charge in [-0.25, -0.2) is 4.92 Å². The Morgan fingerprint density at radius 3 is 2.46 bits per heavy atom. The molecule has 1 N–H and O–H groups in total. The molecule has 0 saturated carbocycles. The molecule has 1 heterocycles. The number of amides is 1. The summed E-state index contributed by atoms with van der Waals surface area (Å²) in [4.78, 5) is 13.7. The Hall–Kier alpha value is -2.89. The SMILES string of the molecule is O=C(c1ccccc1Cl)N1N=Cc2cc(-c3ccccc3)ccc2B1O. The molecule has 26 heavy (non-hydrogen) atoms. The van der Waals surface area contributed by atoms with Gasteiger partial charge in [0.1, 0.15) is 0 Å². The maximum atomic E-state index is 12.7. The van der Waals surface area contributed by atoms with E-state index in [0.29, 0.717) is 16.0 Å². The van der Waals surface area contributed by atoms with E-state index in [1.807, 2.05) is 48.5 Å². The Balaban J connectivity index is 1.67. The van der Waals surface area contributed by atoms with Gasteiger partial charge in [0.05, 0.1) is 16.8 Å². The van der Waals surface area contributed by atoms with Crippen LogP contribution in [0.4, 0.5) is 0 Å². The van der Waals surface area contributed by atoms with E-state index in [1.54, 1.807) is 30.5 Å². The summed E-state index contributed by atoms with van der Waals surface area (Å²) in [7, 11) is -1.16. The van der Waals surface area contributed by atoms with Gasteiger partial charge in [-0.15, -0.1) is 0 Å². The molecule has 4 nitrogen and oxygen atoms in total. The van der Waals surface area contributed by atoms with Crippen molar-refractivity contribution in [3.63, 3.8) is 0 Å². The molecule has 0 saturated heterocycles. The number of benzene rings is 3. The fraction of sp³-hybridized carbons (Fsp3) is 0. The number of carbonyl (C=O) groups excluding carboxylic acids is 1. The lowest BCUT2D eigenvalue weighted by Gasteiger charge is -2.25. The van der Waals surface area contributed by atoms with Crippen molar-refractivity contribution in [2.24, 2.45) is 5.10 Å². The highest BCUT2D eigenvalue weighted by molar-refractivity contribution is 6.68. The minimum Gasteiger partial charge on any atom is -0.427 e. The Kier molecular flexibility index (Phi) is 4.33. The number of fused-ring (bicyclic) bond motifs is 1. The van der Waals surface area contributed by atoms with Gasteiger partial charge in [0, 0.05) is 0 Å². The Labute approximate surface area is 156 Å². The van der Waals surface area contributed by atoms with E-state index in [9.17, 15) is 9.82 Å². The van der Waals surface area contributed by atoms with E-state index >= 15 is 0 Å². The Bertz CT molecular complexity index is 1010. The molecule has 0 bridgehead atoms. The number of nitrogens with zero attached hydrogens (tertiary/aromatic N) is 2. The zero-order valence-corrected chi connectivity index (χ0v) is 14.5. The minimum atomic E-state index is -1.16. The lowest BCUT2D eigenvalue weighted by molar-refractivity contribution is 0.0846. The van der Waals surface area contributed by atoms with Crippen LogP contribution < -0.4 is 5.46 Å². The number of halogens is 1. The standard InChI is InChI=1S/C20H14BClN2O2/c22-19-9-5-4-8-17(19)20(25)24-21(26)18-11-10-15(12-16(18)13-23-24)14-6-2-1-3-7-14/h1-13,26H. The molecule has 126 valence electrons. The predicted octanol–water partition coefficient (Wildman–Crippen LogP) is 3.18. The fourth-order valence-corrected chi connectivity index (χ4v) is 3.19. The molecule has 0 radical (unpaired) electrons. The van der Waals surface area contributed by atoms with Crippen LogP contribution in [0.5, 0.6) is 0 Å². The van der Waals surface area contributed by atoms with Crippen molar-refractivity contribution < 1.29 is 9.82 Å². The summed E-state index contributed by atoms with van der Waals surface area (Å²) in [5.74, 6) is -0.447. The highest BCUT2D eigenvalue weighted by Gasteiger charge is 2.34. The summed E-state index contributed by atoms with van der Waals surface area (Å²) in [6.45, 7) is 0. The summed E-state index contributed by atoms with van der Waals surface area (Å²) in [5.41, 5.74) is 3.80. The molecule has 0 aliphatic carbocycles. The van der Waals surface area contributed by atoms with E-state index in [-0.39, 0.29) is 0 Å². The molecule has 6 heteroatoms. The van der Waals surface area contributed by atoms with Gasteiger partial charge in [-0.1, -0.05) is 66.2 Å². The highest BCUT2D eigenvalue weighted by atomic mass is 35.5. The van der Waals surface area contributed by atoms with Gasteiger partial charge >= 0.3 is 7.05 Å². The Morgan fingerprint density at radius 2 is 1.69 bits per heavy atom. The third-order valence-electron chi connectivity index (χ3n) is 4.34. The predicted molar refractivity (Wildman–Crippen MR) is 105 cm³/mol. The van der Waals surface area contributed by atoms with Crippen LogP contribution in [0.1, 0.15) is 15.9 Å². The highest BCUT2D eigenvalue weighted by Crippen LogP contribution is 2.22. The number of carbonyl (C=O) groups is 1. The molecular weight excluding hydrogens is 346 g/mol. The van der Waals surface area contributed by atoms with Crippen molar-refractivity contribution >= 4 is 36.2 Å². The number of hydrazone groups is 1.